The minimum Gasteiger partial charge on any atom is -0.367 e. The van der Waals surface area contributed by atoms with E-state index in [-0.39, 0.29) is 11.9 Å². The second kappa shape index (κ2) is 9.93. The maximum Gasteiger partial charge on any atom is 0.251 e. The molecule has 0 aliphatic carbocycles. The highest BCUT2D eigenvalue weighted by Crippen LogP contribution is 2.25. The highest BCUT2D eigenvalue weighted by atomic mass is 32.2. The van der Waals surface area contributed by atoms with Crippen molar-refractivity contribution in [2.75, 3.05) is 17.6 Å². The van der Waals surface area contributed by atoms with Crippen LogP contribution in [0.5, 0.6) is 0 Å². The average molecular weight is 427 g/mol. The summed E-state index contributed by atoms with van der Waals surface area (Å²) in [7, 11) is 0. The molecule has 8 heteroatoms. The van der Waals surface area contributed by atoms with Gasteiger partial charge >= 0.3 is 0 Å². The Morgan fingerprint density at radius 2 is 1.90 bits per heavy atom. The third-order valence-corrected chi connectivity index (χ3v) is 5.48. The Labute approximate surface area is 182 Å². The van der Waals surface area contributed by atoms with Gasteiger partial charge in [0.15, 0.2) is 10.8 Å². The van der Waals surface area contributed by atoms with Gasteiger partial charge in [-0.1, -0.05) is 35.9 Å². The molecule has 2 aromatic heterocycles. The molecule has 1 amide bonds. The van der Waals surface area contributed by atoms with E-state index in [0.29, 0.717) is 18.7 Å². The molecule has 0 fully saturated rings. The number of anilines is 1. The molecule has 30 heavy (non-hydrogen) atoms. The molecule has 7 nitrogen and oxygen atoms in total. The standard InChI is InChI=1S/C22H30N6OS/c1-6-9-30-22-26-19(25-14(2)3)18-13-24-28(20(18)27-22)8-7-23-21(29)17-11-15(4)10-16(5)12-17/h10-14H,6-9H2,1-5H3,(H,23,29)(H,25,26,27). The lowest BCUT2D eigenvalue weighted by molar-refractivity contribution is 0.0952. The largest absolute Gasteiger partial charge is 0.367 e. The minimum absolute atomic E-state index is 0.0748. The van der Waals surface area contributed by atoms with E-state index in [9.17, 15) is 4.79 Å². The first-order valence-corrected chi connectivity index (χ1v) is 11.3. The predicted octanol–water partition coefficient (Wildman–Crippen LogP) is 4.20. The summed E-state index contributed by atoms with van der Waals surface area (Å²) >= 11 is 1.64. The van der Waals surface area contributed by atoms with E-state index >= 15 is 0 Å². The molecule has 0 atom stereocenters. The van der Waals surface area contributed by atoms with E-state index in [2.05, 4.69) is 47.6 Å². The van der Waals surface area contributed by atoms with Gasteiger partial charge in [0.1, 0.15) is 5.82 Å². The smallest absolute Gasteiger partial charge is 0.251 e. The van der Waals surface area contributed by atoms with Gasteiger partial charge in [0, 0.05) is 23.9 Å². The molecular formula is C22H30N6OS. The molecule has 0 bridgehead atoms. The first kappa shape index (κ1) is 22.1. The number of hydrogen-bond acceptors (Lipinski definition) is 6. The molecular weight excluding hydrogens is 396 g/mol. The zero-order valence-corrected chi connectivity index (χ0v) is 19.1. The van der Waals surface area contributed by atoms with Gasteiger partial charge < -0.3 is 10.6 Å². The second-order valence-corrected chi connectivity index (χ2v) is 8.80. The lowest BCUT2D eigenvalue weighted by Gasteiger charge is -2.12. The van der Waals surface area contributed by atoms with Gasteiger partial charge in [0.2, 0.25) is 0 Å². The molecule has 0 saturated heterocycles. The summed E-state index contributed by atoms with van der Waals surface area (Å²) in [6.07, 6.45) is 2.85. The van der Waals surface area contributed by atoms with Crippen LogP contribution in [0.2, 0.25) is 0 Å². The molecule has 0 aliphatic rings. The van der Waals surface area contributed by atoms with E-state index < -0.39 is 0 Å². The molecule has 160 valence electrons. The Morgan fingerprint density at radius 3 is 2.57 bits per heavy atom. The first-order valence-electron chi connectivity index (χ1n) is 10.4. The van der Waals surface area contributed by atoms with Crippen LogP contribution in [0.25, 0.3) is 11.0 Å². The number of hydrogen-bond donors (Lipinski definition) is 2. The zero-order valence-electron chi connectivity index (χ0n) is 18.3. The normalized spacial score (nSPS) is 11.3. The molecule has 0 unspecified atom stereocenters. The Kier molecular flexibility index (Phi) is 7.31. The fourth-order valence-electron chi connectivity index (χ4n) is 3.22. The summed E-state index contributed by atoms with van der Waals surface area (Å²) in [5.74, 6) is 1.69. The van der Waals surface area contributed by atoms with E-state index in [1.54, 1.807) is 18.0 Å². The van der Waals surface area contributed by atoms with Crippen LogP contribution in [0.3, 0.4) is 0 Å². The number of aryl methyl sites for hydroxylation is 2. The van der Waals surface area contributed by atoms with Crippen molar-refractivity contribution < 1.29 is 4.79 Å². The van der Waals surface area contributed by atoms with Crippen LogP contribution in [-0.4, -0.2) is 44.0 Å². The van der Waals surface area contributed by atoms with Gasteiger partial charge in [-0.15, -0.1) is 0 Å². The Morgan fingerprint density at radius 1 is 1.17 bits per heavy atom. The SMILES string of the molecule is CCCSc1nc(NC(C)C)c2cnn(CCNC(=O)c3cc(C)cc(C)c3)c2n1. The lowest BCUT2D eigenvalue weighted by atomic mass is 10.1. The molecule has 3 rings (SSSR count). The van der Waals surface area contributed by atoms with Crippen molar-refractivity contribution in [3.63, 3.8) is 0 Å². The van der Waals surface area contributed by atoms with Crippen molar-refractivity contribution in [3.05, 3.63) is 41.1 Å². The van der Waals surface area contributed by atoms with E-state index in [1.807, 2.05) is 30.7 Å². The van der Waals surface area contributed by atoms with Gasteiger partial charge in [0.25, 0.3) is 5.91 Å². The van der Waals surface area contributed by atoms with E-state index in [0.717, 1.165) is 45.3 Å². The third-order valence-electron chi connectivity index (χ3n) is 4.43. The summed E-state index contributed by atoms with van der Waals surface area (Å²) in [6, 6.07) is 6.12. The van der Waals surface area contributed by atoms with Crippen molar-refractivity contribution in [2.45, 2.75) is 58.8 Å². The maximum atomic E-state index is 12.5. The number of aromatic nitrogens is 4. The average Bonchev–Trinajstić information content (AvgIpc) is 3.08. The molecule has 2 heterocycles. The highest BCUT2D eigenvalue weighted by Gasteiger charge is 2.14. The lowest BCUT2D eigenvalue weighted by Crippen LogP contribution is -2.27. The number of nitrogens with zero attached hydrogens (tertiary/aromatic N) is 4. The Bertz CT molecular complexity index is 1010. The minimum atomic E-state index is -0.0748. The number of amides is 1. The molecule has 0 aliphatic heterocycles. The van der Waals surface area contributed by atoms with Crippen LogP contribution in [0.15, 0.2) is 29.6 Å². The second-order valence-electron chi connectivity index (χ2n) is 7.74. The molecule has 2 N–H and O–H groups in total. The summed E-state index contributed by atoms with van der Waals surface area (Å²) in [5, 5.41) is 12.5. The number of carbonyl (C=O) groups excluding carboxylic acids is 1. The van der Waals surface area contributed by atoms with Crippen molar-refractivity contribution in [1.82, 2.24) is 25.1 Å². The third kappa shape index (κ3) is 5.50. The van der Waals surface area contributed by atoms with Crippen molar-refractivity contribution >= 4 is 34.5 Å². The first-order chi connectivity index (χ1) is 14.4. The highest BCUT2D eigenvalue weighted by molar-refractivity contribution is 7.99. The Balaban J connectivity index is 1.76. The van der Waals surface area contributed by atoms with Crippen LogP contribution in [0, 0.1) is 13.8 Å². The van der Waals surface area contributed by atoms with Crippen LogP contribution in [0.4, 0.5) is 5.82 Å². The van der Waals surface area contributed by atoms with Gasteiger partial charge in [-0.3, -0.25) is 4.79 Å². The zero-order chi connectivity index (χ0) is 21.7. The van der Waals surface area contributed by atoms with Crippen molar-refractivity contribution in [1.29, 1.82) is 0 Å². The van der Waals surface area contributed by atoms with Crippen LogP contribution in [-0.2, 0) is 6.54 Å². The van der Waals surface area contributed by atoms with Gasteiger partial charge in [-0.2, -0.15) is 5.10 Å². The van der Waals surface area contributed by atoms with Gasteiger partial charge in [0.05, 0.1) is 18.1 Å². The number of nitrogens with one attached hydrogen (secondary N) is 2. The molecule has 0 radical (unpaired) electrons. The molecule has 0 saturated carbocycles. The number of benzene rings is 1. The van der Waals surface area contributed by atoms with E-state index in [1.165, 1.54) is 0 Å². The fraction of sp³-hybridized carbons (Fsp3) is 0.455. The summed E-state index contributed by atoms with van der Waals surface area (Å²) < 4.78 is 1.83. The van der Waals surface area contributed by atoms with Crippen LogP contribution >= 0.6 is 11.8 Å². The number of rotatable bonds is 9. The van der Waals surface area contributed by atoms with Gasteiger partial charge in [-0.25, -0.2) is 14.6 Å². The van der Waals surface area contributed by atoms with Gasteiger partial charge in [-0.05, 0) is 46.2 Å². The maximum absolute atomic E-state index is 12.5. The monoisotopic (exact) mass is 426 g/mol. The molecule has 1 aromatic carbocycles. The van der Waals surface area contributed by atoms with Crippen molar-refractivity contribution in [3.8, 4) is 0 Å². The number of fused-ring (bicyclic) bond motifs is 1. The van der Waals surface area contributed by atoms with Crippen molar-refractivity contribution in [2.24, 2.45) is 0 Å². The van der Waals surface area contributed by atoms with Crippen LogP contribution in [0.1, 0.15) is 48.7 Å². The summed E-state index contributed by atoms with van der Waals surface area (Å²) in [6.45, 7) is 11.3. The van der Waals surface area contributed by atoms with E-state index in [4.69, 9.17) is 4.98 Å². The number of carbonyl (C=O) groups is 1. The quantitative estimate of drug-likeness (QED) is 0.394. The van der Waals surface area contributed by atoms with Crippen LogP contribution < -0.4 is 10.6 Å². The fourth-order valence-corrected chi connectivity index (χ4v) is 3.92. The molecule has 3 aromatic rings. The topological polar surface area (TPSA) is 84.7 Å². The summed E-state index contributed by atoms with van der Waals surface area (Å²) in [4.78, 5) is 21.9. The molecule has 0 spiro atoms. The number of thioether (sulfide) groups is 1. The Hall–Kier alpha value is -2.61. The summed E-state index contributed by atoms with van der Waals surface area (Å²) in [5.41, 5.74) is 3.63. The predicted molar refractivity (Wildman–Crippen MR) is 123 cm³/mol.